The van der Waals surface area contributed by atoms with E-state index >= 15 is 0 Å². The van der Waals surface area contributed by atoms with Crippen LogP contribution in [0.2, 0.25) is 0 Å². The topological polar surface area (TPSA) is 43.8 Å². The lowest BCUT2D eigenvalue weighted by atomic mass is 10.0. The summed E-state index contributed by atoms with van der Waals surface area (Å²) in [7, 11) is 1.95. The van der Waals surface area contributed by atoms with Crippen LogP contribution >= 0.6 is 15.9 Å². The van der Waals surface area contributed by atoms with Gasteiger partial charge in [0.15, 0.2) is 0 Å². The second-order valence-corrected chi connectivity index (χ2v) is 5.04. The first-order chi connectivity index (χ1) is 8.59. The molecule has 0 spiro atoms. The van der Waals surface area contributed by atoms with E-state index in [0.717, 1.165) is 24.2 Å². The molecule has 0 aliphatic heterocycles. The van der Waals surface area contributed by atoms with E-state index in [1.807, 2.05) is 23.9 Å². The number of aromatic nitrogens is 2. The molecule has 2 N–H and O–H groups in total. The molecule has 0 aliphatic carbocycles. The highest BCUT2D eigenvalue weighted by atomic mass is 79.9. The van der Waals surface area contributed by atoms with Crippen molar-refractivity contribution in [3.05, 3.63) is 52.3 Å². The molecule has 0 saturated carbocycles. The van der Waals surface area contributed by atoms with Gasteiger partial charge in [-0.1, -0.05) is 12.1 Å². The third kappa shape index (κ3) is 2.79. The van der Waals surface area contributed by atoms with Crippen molar-refractivity contribution in [3.8, 4) is 0 Å². The average Bonchev–Trinajstić information content (AvgIpc) is 2.75. The molecule has 0 aliphatic rings. The predicted octanol–water partition coefficient (Wildman–Crippen LogP) is 2.95. The van der Waals surface area contributed by atoms with Gasteiger partial charge in [0.2, 0.25) is 0 Å². The minimum atomic E-state index is -0.278. The van der Waals surface area contributed by atoms with Crippen LogP contribution in [-0.4, -0.2) is 9.55 Å². The van der Waals surface area contributed by atoms with Crippen LogP contribution in [-0.2, 0) is 13.5 Å². The van der Waals surface area contributed by atoms with E-state index in [4.69, 9.17) is 5.73 Å². The van der Waals surface area contributed by atoms with Gasteiger partial charge in [0.05, 0.1) is 4.47 Å². The van der Waals surface area contributed by atoms with Gasteiger partial charge < -0.3 is 10.3 Å². The van der Waals surface area contributed by atoms with Gasteiger partial charge in [-0.05, 0) is 34.0 Å². The fourth-order valence-corrected chi connectivity index (χ4v) is 2.44. The molecule has 2 rings (SSSR count). The second kappa shape index (κ2) is 5.63. The van der Waals surface area contributed by atoms with Gasteiger partial charge in [-0.2, -0.15) is 0 Å². The maximum atomic E-state index is 13.4. The molecule has 1 heterocycles. The molecule has 3 nitrogen and oxygen atoms in total. The van der Waals surface area contributed by atoms with Crippen LogP contribution in [0.4, 0.5) is 4.39 Å². The van der Waals surface area contributed by atoms with Crippen molar-refractivity contribution >= 4 is 15.9 Å². The first kappa shape index (κ1) is 13.2. The first-order valence-corrected chi connectivity index (χ1v) is 6.54. The smallest absolute Gasteiger partial charge is 0.137 e. The molecule has 0 saturated heterocycles. The monoisotopic (exact) mass is 311 g/mol. The highest BCUT2D eigenvalue weighted by Crippen LogP contribution is 2.27. The van der Waals surface area contributed by atoms with E-state index < -0.39 is 0 Å². The molecule has 1 atom stereocenters. The fourth-order valence-electron chi connectivity index (χ4n) is 1.88. The standard InChI is InChI=1S/C13H15BrFN3/c1-18-8-7-17-12(18)6-5-11(16)9-3-2-4-10(15)13(9)14/h2-4,7-8,11H,5-6,16H2,1H3. The Morgan fingerprint density at radius 3 is 2.94 bits per heavy atom. The third-order valence-corrected chi connectivity index (χ3v) is 3.82. The van der Waals surface area contributed by atoms with Gasteiger partial charge in [-0.3, -0.25) is 0 Å². The number of hydrogen-bond acceptors (Lipinski definition) is 2. The lowest BCUT2D eigenvalue weighted by Gasteiger charge is -2.14. The summed E-state index contributed by atoms with van der Waals surface area (Å²) in [5.74, 6) is 0.706. The molecule has 0 radical (unpaired) electrons. The summed E-state index contributed by atoms with van der Waals surface area (Å²) in [6.45, 7) is 0. The zero-order valence-electron chi connectivity index (χ0n) is 10.1. The number of hydrogen-bond donors (Lipinski definition) is 1. The van der Waals surface area contributed by atoms with Gasteiger partial charge in [0.1, 0.15) is 11.6 Å². The molecule has 2 aromatic rings. The Morgan fingerprint density at radius 1 is 1.50 bits per heavy atom. The van der Waals surface area contributed by atoms with E-state index in [2.05, 4.69) is 20.9 Å². The van der Waals surface area contributed by atoms with Crippen LogP contribution in [0.1, 0.15) is 23.9 Å². The van der Waals surface area contributed by atoms with Gasteiger partial charge >= 0.3 is 0 Å². The SMILES string of the molecule is Cn1ccnc1CCC(N)c1cccc(F)c1Br. The Morgan fingerprint density at radius 2 is 2.28 bits per heavy atom. The van der Waals surface area contributed by atoms with Crippen LogP contribution in [0, 0.1) is 5.82 Å². The summed E-state index contributed by atoms with van der Waals surface area (Å²) in [6, 6.07) is 4.73. The van der Waals surface area contributed by atoms with E-state index in [9.17, 15) is 4.39 Å². The number of nitrogens with two attached hydrogens (primary N) is 1. The Bertz CT molecular complexity index is 539. The van der Waals surface area contributed by atoms with E-state index in [-0.39, 0.29) is 11.9 Å². The Balaban J connectivity index is 2.06. The van der Waals surface area contributed by atoms with Gasteiger partial charge in [0.25, 0.3) is 0 Å². The zero-order valence-corrected chi connectivity index (χ0v) is 11.7. The number of nitrogens with zero attached hydrogens (tertiary/aromatic N) is 2. The normalized spacial score (nSPS) is 12.7. The van der Waals surface area contributed by atoms with Crippen molar-refractivity contribution in [1.82, 2.24) is 9.55 Å². The molecule has 1 aromatic carbocycles. The van der Waals surface area contributed by atoms with Crippen LogP contribution in [0.25, 0.3) is 0 Å². The molecule has 18 heavy (non-hydrogen) atoms. The van der Waals surface area contributed by atoms with E-state index in [1.54, 1.807) is 12.3 Å². The van der Waals surface area contributed by atoms with Crippen molar-refractivity contribution in [2.75, 3.05) is 0 Å². The van der Waals surface area contributed by atoms with Crippen LogP contribution in [0.5, 0.6) is 0 Å². The summed E-state index contributed by atoms with van der Waals surface area (Å²) in [5.41, 5.74) is 6.89. The lowest BCUT2D eigenvalue weighted by molar-refractivity contribution is 0.592. The Hall–Kier alpha value is -1.20. The molecule has 96 valence electrons. The summed E-state index contributed by atoms with van der Waals surface area (Å²) >= 11 is 3.24. The molecular formula is C13H15BrFN3. The fraction of sp³-hybridized carbons (Fsp3) is 0.308. The molecule has 0 amide bonds. The Labute approximate surface area is 114 Å². The summed E-state index contributed by atoms with van der Waals surface area (Å²) in [4.78, 5) is 4.24. The highest BCUT2D eigenvalue weighted by molar-refractivity contribution is 9.10. The van der Waals surface area contributed by atoms with Crippen molar-refractivity contribution in [2.24, 2.45) is 12.8 Å². The molecular weight excluding hydrogens is 297 g/mol. The number of halogens is 2. The van der Waals surface area contributed by atoms with Crippen molar-refractivity contribution in [2.45, 2.75) is 18.9 Å². The molecule has 1 aromatic heterocycles. The number of benzene rings is 1. The van der Waals surface area contributed by atoms with Gasteiger partial charge in [-0.15, -0.1) is 0 Å². The summed E-state index contributed by atoms with van der Waals surface area (Å²) < 4.78 is 15.8. The largest absolute Gasteiger partial charge is 0.338 e. The van der Waals surface area contributed by atoms with E-state index in [0.29, 0.717) is 4.47 Å². The molecule has 0 fully saturated rings. The lowest BCUT2D eigenvalue weighted by Crippen LogP contribution is -2.13. The summed E-state index contributed by atoms with van der Waals surface area (Å²) in [5, 5.41) is 0. The van der Waals surface area contributed by atoms with Gasteiger partial charge in [0, 0.05) is 31.9 Å². The first-order valence-electron chi connectivity index (χ1n) is 5.75. The van der Waals surface area contributed by atoms with Crippen LogP contribution in [0.15, 0.2) is 35.1 Å². The minimum absolute atomic E-state index is 0.202. The van der Waals surface area contributed by atoms with E-state index in [1.165, 1.54) is 6.07 Å². The maximum Gasteiger partial charge on any atom is 0.137 e. The minimum Gasteiger partial charge on any atom is -0.338 e. The molecule has 5 heteroatoms. The zero-order chi connectivity index (χ0) is 13.1. The Kier molecular flexibility index (Phi) is 4.14. The number of aryl methyl sites for hydroxylation is 2. The highest BCUT2D eigenvalue weighted by Gasteiger charge is 2.13. The number of imidazole rings is 1. The molecule has 0 bridgehead atoms. The average molecular weight is 312 g/mol. The molecule has 1 unspecified atom stereocenters. The van der Waals surface area contributed by atoms with Crippen LogP contribution in [0.3, 0.4) is 0 Å². The maximum absolute atomic E-state index is 13.4. The second-order valence-electron chi connectivity index (χ2n) is 4.24. The third-order valence-electron chi connectivity index (χ3n) is 2.98. The number of rotatable bonds is 4. The van der Waals surface area contributed by atoms with Crippen molar-refractivity contribution in [1.29, 1.82) is 0 Å². The quantitative estimate of drug-likeness (QED) is 0.943. The van der Waals surface area contributed by atoms with Crippen LogP contribution < -0.4 is 5.73 Å². The predicted molar refractivity (Wildman–Crippen MR) is 72.6 cm³/mol. The van der Waals surface area contributed by atoms with Gasteiger partial charge in [-0.25, -0.2) is 9.37 Å². The van der Waals surface area contributed by atoms with Crippen molar-refractivity contribution < 1.29 is 4.39 Å². The summed E-state index contributed by atoms with van der Waals surface area (Å²) in [6.07, 6.45) is 5.17. The van der Waals surface area contributed by atoms with Crippen molar-refractivity contribution in [3.63, 3.8) is 0 Å².